The SMILES string of the molecule is Cn1cc(CN2CCC3(CCNC3)C2)c(C2CCCCC2)n1. The number of aryl methyl sites for hydroxylation is 1. The van der Waals surface area contributed by atoms with E-state index in [1.54, 1.807) is 0 Å². The maximum Gasteiger partial charge on any atom is 0.0700 e. The molecule has 122 valence electrons. The lowest BCUT2D eigenvalue weighted by atomic mass is 9.85. The molecule has 0 bridgehead atoms. The van der Waals surface area contributed by atoms with Gasteiger partial charge in [-0.05, 0) is 44.2 Å². The van der Waals surface area contributed by atoms with E-state index in [1.165, 1.54) is 82.4 Å². The van der Waals surface area contributed by atoms with Crippen molar-refractivity contribution >= 4 is 0 Å². The molecule has 0 amide bonds. The molecule has 1 aromatic heterocycles. The largest absolute Gasteiger partial charge is 0.316 e. The molecule has 1 N–H and O–H groups in total. The molecule has 1 spiro atoms. The van der Waals surface area contributed by atoms with E-state index in [-0.39, 0.29) is 0 Å². The summed E-state index contributed by atoms with van der Waals surface area (Å²) in [5.74, 6) is 0.717. The quantitative estimate of drug-likeness (QED) is 0.932. The Morgan fingerprint density at radius 2 is 2.14 bits per heavy atom. The van der Waals surface area contributed by atoms with Crippen LogP contribution in [0.15, 0.2) is 6.20 Å². The lowest BCUT2D eigenvalue weighted by molar-refractivity contribution is 0.267. The van der Waals surface area contributed by atoms with E-state index >= 15 is 0 Å². The summed E-state index contributed by atoms with van der Waals surface area (Å²) in [7, 11) is 2.09. The van der Waals surface area contributed by atoms with Gasteiger partial charge in [0.15, 0.2) is 0 Å². The molecule has 1 unspecified atom stereocenters. The molecule has 0 radical (unpaired) electrons. The predicted octanol–water partition coefficient (Wildman–Crippen LogP) is 2.65. The smallest absolute Gasteiger partial charge is 0.0700 e. The van der Waals surface area contributed by atoms with Crippen molar-refractivity contribution in [2.24, 2.45) is 12.5 Å². The third-order valence-electron chi connectivity index (χ3n) is 6.17. The van der Waals surface area contributed by atoms with E-state index in [1.807, 2.05) is 4.68 Å². The molecule has 3 aliphatic rings. The Bertz CT molecular complexity index is 509. The fourth-order valence-electron chi connectivity index (χ4n) is 4.94. The van der Waals surface area contributed by atoms with Crippen molar-refractivity contribution in [3.05, 3.63) is 17.5 Å². The van der Waals surface area contributed by atoms with E-state index in [0.29, 0.717) is 5.41 Å². The lowest BCUT2D eigenvalue weighted by Crippen LogP contribution is -2.29. The summed E-state index contributed by atoms with van der Waals surface area (Å²) in [6.45, 7) is 6.10. The van der Waals surface area contributed by atoms with Crippen LogP contribution >= 0.6 is 0 Å². The fourth-order valence-corrected chi connectivity index (χ4v) is 4.94. The highest BCUT2D eigenvalue weighted by atomic mass is 15.3. The third kappa shape index (κ3) is 2.83. The summed E-state index contributed by atoms with van der Waals surface area (Å²) in [5.41, 5.74) is 3.48. The average Bonchev–Trinajstić information content (AvgIpc) is 3.24. The Morgan fingerprint density at radius 3 is 2.91 bits per heavy atom. The number of hydrogen-bond donors (Lipinski definition) is 1. The minimum atomic E-state index is 0.577. The van der Waals surface area contributed by atoms with E-state index in [4.69, 9.17) is 5.10 Å². The van der Waals surface area contributed by atoms with Gasteiger partial charge in [0.05, 0.1) is 5.69 Å². The minimum absolute atomic E-state index is 0.577. The van der Waals surface area contributed by atoms with Crippen LogP contribution in [0.3, 0.4) is 0 Å². The zero-order valence-corrected chi connectivity index (χ0v) is 14.0. The monoisotopic (exact) mass is 302 g/mol. The number of nitrogens with zero attached hydrogens (tertiary/aromatic N) is 3. The number of nitrogens with one attached hydrogen (secondary N) is 1. The van der Waals surface area contributed by atoms with Gasteiger partial charge in [-0.3, -0.25) is 9.58 Å². The van der Waals surface area contributed by atoms with Crippen LogP contribution in [0.5, 0.6) is 0 Å². The Hall–Kier alpha value is -0.870. The zero-order valence-electron chi connectivity index (χ0n) is 14.0. The van der Waals surface area contributed by atoms with E-state index in [2.05, 4.69) is 23.5 Å². The van der Waals surface area contributed by atoms with Gasteiger partial charge in [0.1, 0.15) is 0 Å². The predicted molar refractivity (Wildman–Crippen MR) is 88.8 cm³/mol. The number of likely N-dealkylation sites (tertiary alicyclic amines) is 1. The van der Waals surface area contributed by atoms with Gasteiger partial charge in [0.25, 0.3) is 0 Å². The van der Waals surface area contributed by atoms with E-state index in [9.17, 15) is 0 Å². The lowest BCUT2D eigenvalue weighted by Gasteiger charge is -2.24. The molecular weight excluding hydrogens is 272 g/mol. The first kappa shape index (κ1) is 14.7. The average molecular weight is 302 g/mol. The van der Waals surface area contributed by atoms with Gasteiger partial charge in [-0.15, -0.1) is 0 Å². The zero-order chi connectivity index (χ0) is 15.0. The van der Waals surface area contributed by atoms with Crippen molar-refractivity contribution in [1.82, 2.24) is 20.0 Å². The second kappa shape index (κ2) is 5.97. The van der Waals surface area contributed by atoms with Gasteiger partial charge in [0, 0.05) is 44.4 Å². The molecule has 4 nitrogen and oxygen atoms in total. The molecule has 1 aliphatic carbocycles. The molecule has 1 aromatic rings. The summed E-state index contributed by atoms with van der Waals surface area (Å²) < 4.78 is 2.04. The highest BCUT2D eigenvalue weighted by Gasteiger charge is 2.40. The third-order valence-corrected chi connectivity index (χ3v) is 6.17. The first-order valence-electron chi connectivity index (χ1n) is 9.20. The molecule has 4 heteroatoms. The van der Waals surface area contributed by atoms with Gasteiger partial charge in [-0.25, -0.2) is 0 Å². The molecule has 3 fully saturated rings. The van der Waals surface area contributed by atoms with Crippen molar-refractivity contribution in [1.29, 1.82) is 0 Å². The van der Waals surface area contributed by atoms with Crippen LogP contribution in [-0.4, -0.2) is 40.9 Å². The Morgan fingerprint density at radius 1 is 1.27 bits per heavy atom. The van der Waals surface area contributed by atoms with Crippen LogP contribution in [0.4, 0.5) is 0 Å². The number of hydrogen-bond acceptors (Lipinski definition) is 3. The van der Waals surface area contributed by atoms with Crippen LogP contribution in [0, 0.1) is 5.41 Å². The van der Waals surface area contributed by atoms with Gasteiger partial charge in [0.2, 0.25) is 0 Å². The summed E-state index contributed by atoms with van der Waals surface area (Å²) in [5, 5.41) is 8.41. The minimum Gasteiger partial charge on any atom is -0.316 e. The van der Waals surface area contributed by atoms with Crippen molar-refractivity contribution in [3.63, 3.8) is 0 Å². The van der Waals surface area contributed by atoms with Crippen molar-refractivity contribution in [3.8, 4) is 0 Å². The summed E-state index contributed by atoms with van der Waals surface area (Å²) in [6, 6.07) is 0. The molecule has 2 aliphatic heterocycles. The highest BCUT2D eigenvalue weighted by molar-refractivity contribution is 5.22. The van der Waals surface area contributed by atoms with E-state index < -0.39 is 0 Å². The fraction of sp³-hybridized carbons (Fsp3) is 0.833. The van der Waals surface area contributed by atoms with Crippen LogP contribution in [0.25, 0.3) is 0 Å². The van der Waals surface area contributed by atoms with Crippen molar-refractivity contribution in [2.75, 3.05) is 26.2 Å². The first-order valence-corrected chi connectivity index (χ1v) is 9.20. The van der Waals surface area contributed by atoms with Gasteiger partial charge < -0.3 is 5.32 Å². The van der Waals surface area contributed by atoms with Crippen molar-refractivity contribution < 1.29 is 0 Å². The van der Waals surface area contributed by atoms with Crippen LogP contribution in [0.2, 0.25) is 0 Å². The highest BCUT2D eigenvalue weighted by Crippen LogP contribution is 2.38. The normalized spacial score (nSPS) is 30.6. The second-order valence-electron chi connectivity index (χ2n) is 7.94. The summed E-state index contributed by atoms with van der Waals surface area (Å²) in [4.78, 5) is 2.68. The molecule has 22 heavy (non-hydrogen) atoms. The van der Waals surface area contributed by atoms with Crippen LogP contribution < -0.4 is 5.32 Å². The number of rotatable bonds is 3. The summed E-state index contributed by atoms with van der Waals surface area (Å²) >= 11 is 0. The second-order valence-corrected chi connectivity index (χ2v) is 7.94. The Labute approximate surface area is 134 Å². The molecule has 1 atom stereocenters. The Kier molecular flexibility index (Phi) is 3.99. The first-order chi connectivity index (χ1) is 10.7. The van der Waals surface area contributed by atoms with Gasteiger partial charge >= 0.3 is 0 Å². The molecular formula is C18H30N4. The standard InChI is InChI=1S/C18H30N4/c1-21-11-16(17(20-21)15-5-3-2-4-6-15)12-22-10-8-18(14-22)7-9-19-13-18/h11,15,19H,2-10,12-14H2,1H3. The maximum atomic E-state index is 4.84. The maximum absolute atomic E-state index is 4.84. The number of aromatic nitrogens is 2. The van der Waals surface area contributed by atoms with Gasteiger partial charge in [-0.1, -0.05) is 19.3 Å². The molecule has 2 saturated heterocycles. The molecule has 3 heterocycles. The van der Waals surface area contributed by atoms with Crippen LogP contribution in [0.1, 0.15) is 62.1 Å². The molecule has 4 rings (SSSR count). The molecule has 0 aromatic carbocycles. The molecule has 1 saturated carbocycles. The Balaban J connectivity index is 1.46. The van der Waals surface area contributed by atoms with E-state index in [0.717, 1.165) is 12.5 Å². The van der Waals surface area contributed by atoms with Gasteiger partial charge in [-0.2, -0.15) is 5.10 Å². The summed E-state index contributed by atoms with van der Waals surface area (Å²) in [6.07, 6.45) is 11.9. The van der Waals surface area contributed by atoms with Crippen LogP contribution in [-0.2, 0) is 13.6 Å². The topological polar surface area (TPSA) is 33.1 Å². The van der Waals surface area contributed by atoms with Crippen molar-refractivity contribution in [2.45, 2.75) is 57.4 Å².